The van der Waals surface area contributed by atoms with E-state index in [0.717, 1.165) is 0 Å². The van der Waals surface area contributed by atoms with Crippen molar-refractivity contribution in [1.82, 2.24) is 0 Å². The summed E-state index contributed by atoms with van der Waals surface area (Å²) in [6, 6.07) is 0. The van der Waals surface area contributed by atoms with Crippen molar-refractivity contribution in [3.8, 4) is 0 Å². The highest BCUT2D eigenvalue weighted by molar-refractivity contribution is 9.14. The van der Waals surface area contributed by atoms with Crippen molar-refractivity contribution in [3.05, 3.63) is 17.9 Å². The third-order valence-electron chi connectivity index (χ3n) is 4.24. The minimum Gasteiger partial charge on any atom is -0.481 e. The molecule has 34 heavy (non-hydrogen) atoms. The van der Waals surface area contributed by atoms with Gasteiger partial charge in [-0.05, 0) is 40.5 Å². The van der Waals surface area contributed by atoms with Gasteiger partial charge in [0.2, 0.25) is 0 Å². The number of carboxylic acids is 2. The maximum Gasteiger partial charge on any atom is 0.309 e. The quantitative estimate of drug-likeness (QED) is 0.207. The summed E-state index contributed by atoms with van der Waals surface area (Å²) in [5, 5.41) is 18.1. The molecule has 0 radical (unpaired) electrons. The van der Waals surface area contributed by atoms with E-state index in [1.807, 2.05) is 0 Å². The molecule has 0 aliphatic rings. The molecule has 0 amide bonds. The van der Waals surface area contributed by atoms with E-state index >= 15 is 0 Å². The van der Waals surface area contributed by atoms with Gasteiger partial charge < -0.3 is 19.7 Å². The normalized spacial score (nSPS) is 13.0. The average molecular weight is 744 g/mol. The Balaban J connectivity index is 0. The first-order valence-corrected chi connectivity index (χ1v) is 13.4. The van der Waals surface area contributed by atoms with Gasteiger partial charge in [-0.25, -0.2) is 0 Å². The number of esters is 2. The molecule has 0 aromatic heterocycles. The topological polar surface area (TPSA) is 127 Å². The van der Waals surface area contributed by atoms with Crippen molar-refractivity contribution >= 4 is 87.6 Å². The van der Waals surface area contributed by atoms with Crippen LogP contribution in [0.1, 0.15) is 67.2 Å². The van der Waals surface area contributed by atoms with Gasteiger partial charge in [-0.3, -0.25) is 19.2 Å². The molecule has 0 bridgehead atoms. The number of carbonyl (C=O) groups is 4. The smallest absolute Gasteiger partial charge is 0.309 e. The number of aliphatic carboxylic acids is 2. The molecule has 0 heterocycles. The second kappa shape index (κ2) is 16.9. The van der Waals surface area contributed by atoms with Gasteiger partial charge in [-0.1, -0.05) is 77.6 Å². The Morgan fingerprint density at radius 1 is 0.618 bits per heavy atom. The van der Waals surface area contributed by atoms with Crippen molar-refractivity contribution < 1.29 is 38.9 Å². The van der Waals surface area contributed by atoms with Gasteiger partial charge in [0.1, 0.15) is 13.2 Å². The van der Waals surface area contributed by atoms with Crippen molar-refractivity contribution in [2.75, 3.05) is 13.2 Å². The molecule has 2 N–H and O–H groups in total. The summed E-state index contributed by atoms with van der Waals surface area (Å²) in [7, 11) is 0. The zero-order valence-corrected chi connectivity index (χ0v) is 26.4. The molecule has 0 aromatic carbocycles. The Morgan fingerprint density at radius 2 is 0.882 bits per heavy atom. The van der Waals surface area contributed by atoms with Gasteiger partial charge in [0.05, 0.1) is 10.8 Å². The SMILES string of the molecule is CC(C)(C/C(Br)=C(\Br)CC(C)(C)C(=O)O)C(=O)O.CCC(=O)OC/C(Br)=C(\Br)COC(=O)CC. The number of halogens is 4. The first kappa shape index (κ1) is 35.4. The van der Waals surface area contributed by atoms with Crippen molar-refractivity contribution in [3.63, 3.8) is 0 Å². The fraction of sp³-hybridized carbons (Fsp3) is 0.636. The van der Waals surface area contributed by atoms with E-state index in [9.17, 15) is 19.2 Å². The number of carboxylic acid groups (broad SMARTS) is 2. The largest absolute Gasteiger partial charge is 0.481 e. The summed E-state index contributed by atoms with van der Waals surface area (Å²) >= 11 is 13.1. The number of rotatable bonds is 12. The molecule has 12 heteroatoms. The fourth-order valence-corrected chi connectivity index (χ4v) is 3.91. The number of carbonyl (C=O) groups excluding carboxylic acids is 2. The van der Waals surface area contributed by atoms with E-state index in [1.54, 1.807) is 41.5 Å². The van der Waals surface area contributed by atoms with Gasteiger partial charge >= 0.3 is 23.9 Å². The van der Waals surface area contributed by atoms with Crippen LogP contribution in [0.5, 0.6) is 0 Å². The van der Waals surface area contributed by atoms with Crippen LogP contribution in [0.25, 0.3) is 0 Å². The summed E-state index contributed by atoms with van der Waals surface area (Å²) in [4.78, 5) is 43.8. The van der Waals surface area contributed by atoms with Crippen LogP contribution >= 0.6 is 63.7 Å². The standard InChI is InChI=1S/C12H18Br2O4.C10H14Br2O4/c1-11(2,9(15)16)5-7(13)8(14)6-12(3,4)10(17)18;1-3-9(13)15-5-7(11)8(12)6-16-10(14)4-2/h5-6H2,1-4H3,(H,15,16)(H,17,18);3-6H2,1-2H3/b2*8-7+. The van der Waals surface area contributed by atoms with Crippen LogP contribution in [0.2, 0.25) is 0 Å². The van der Waals surface area contributed by atoms with E-state index in [-0.39, 0.29) is 25.2 Å². The number of hydrogen-bond donors (Lipinski definition) is 2. The molecule has 8 nitrogen and oxygen atoms in total. The maximum atomic E-state index is 11.0. The molecule has 0 saturated heterocycles. The second-order valence-electron chi connectivity index (χ2n) is 8.38. The molecule has 0 rings (SSSR count). The monoisotopic (exact) mass is 740 g/mol. The third kappa shape index (κ3) is 15.3. The highest BCUT2D eigenvalue weighted by atomic mass is 79.9. The summed E-state index contributed by atoms with van der Waals surface area (Å²) in [6.45, 7) is 10.2. The summed E-state index contributed by atoms with van der Waals surface area (Å²) in [6.07, 6.45) is 1.28. The van der Waals surface area contributed by atoms with Crippen LogP contribution in [0, 0.1) is 10.8 Å². The van der Waals surface area contributed by atoms with Gasteiger partial charge in [0, 0.05) is 30.8 Å². The molecule has 0 spiro atoms. The molecule has 0 aromatic rings. The van der Waals surface area contributed by atoms with Crippen molar-refractivity contribution in [2.45, 2.75) is 67.2 Å². The predicted octanol–water partition coefficient (Wildman–Crippen LogP) is 6.88. The van der Waals surface area contributed by atoms with E-state index in [1.165, 1.54) is 0 Å². The van der Waals surface area contributed by atoms with Crippen LogP contribution < -0.4 is 0 Å². The average Bonchev–Trinajstić information content (AvgIpc) is 2.74. The first-order valence-electron chi connectivity index (χ1n) is 10.2. The lowest BCUT2D eigenvalue weighted by molar-refractivity contribution is -0.147. The van der Waals surface area contributed by atoms with E-state index in [0.29, 0.717) is 43.6 Å². The predicted molar refractivity (Wildman–Crippen MR) is 144 cm³/mol. The Kier molecular flexibility index (Phi) is 17.6. The summed E-state index contributed by atoms with van der Waals surface area (Å²) in [5.74, 6) is -2.33. The number of hydrogen-bond acceptors (Lipinski definition) is 6. The Bertz CT molecular complexity index is 737. The van der Waals surface area contributed by atoms with Gasteiger partial charge in [0.25, 0.3) is 0 Å². The Labute approximate surface area is 234 Å². The molecule has 0 aliphatic heterocycles. The van der Waals surface area contributed by atoms with Crippen LogP contribution in [0.4, 0.5) is 0 Å². The lowest BCUT2D eigenvalue weighted by atomic mass is 9.86. The minimum atomic E-state index is -0.898. The molecule has 0 fully saturated rings. The van der Waals surface area contributed by atoms with Gasteiger partial charge in [0.15, 0.2) is 0 Å². The van der Waals surface area contributed by atoms with E-state index in [2.05, 4.69) is 63.7 Å². The molecule has 0 atom stereocenters. The van der Waals surface area contributed by atoms with Crippen LogP contribution in [-0.2, 0) is 28.7 Å². The molecule has 0 unspecified atom stereocenters. The number of allylic oxidation sites excluding steroid dienone is 2. The van der Waals surface area contributed by atoms with Crippen LogP contribution in [0.3, 0.4) is 0 Å². The molecular formula is C22H32Br4O8. The van der Waals surface area contributed by atoms with Crippen LogP contribution in [-0.4, -0.2) is 47.3 Å². The van der Waals surface area contributed by atoms with Crippen molar-refractivity contribution in [2.24, 2.45) is 10.8 Å². The fourth-order valence-electron chi connectivity index (χ4n) is 1.77. The second-order valence-corrected chi connectivity index (χ2v) is 12.2. The highest BCUT2D eigenvalue weighted by Gasteiger charge is 2.31. The molecule has 196 valence electrons. The molecule has 0 aliphatic carbocycles. The minimum absolute atomic E-state index is 0.136. The zero-order chi connectivity index (χ0) is 27.3. The van der Waals surface area contributed by atoms with Gasteiger partial charge in [-0.15, -0.1) is 0 Å². The van der Waals surface area contributed by atoms with Gasteiger partial charge in [-0.2, -0.15) is 0 Å². The Morgan fingerprint density at radius 3 is 1.09 bits per heavy atom. The van der Waals surface area contributed by atoms with E-state index in [4.69, 9.17) is 19.7 Å². The summed E-state index contributed by atoms with van der Waals surface area (Å²) in [5.41, 5.74) is -1.80. The van der Waals surface area contributed by atoms with Crippen molar-refractivity contribution in [1.29, 1.82) is 0 Å². The van der Waals surface area contributed by atoms with Crippen LogP contribution in [0.15, 0.2) is 17.9 Å². The molecular weight excluding hydrogens is 712 g/mol. The third-order valence-corrected chi connectivity index (χ3v) is 8.24. The lowest BCUT2D eigenvalue weighted by Gasteiger charge is -2.22. The lowest BCUT2D eigenvalue weighted by Crippen LogP contribution is -2.25. The number of ether oxygens (including phenoxy) is 2. The first-order chi connectivity index (χ1) is 15.4. The Hall–Kier alpha value is -0.720. The zero-order valence-electron chi connectivity index (χ0n) is 20.1. The molecule has 0 saturated carbocycles. The maximum absolute atomic E-state index is 11.0. The highest BCUT2D eigenvalue weighted by Crippen LogP contribution is 2.37. The van der Waals surface area contributed by atoms with E-state index < -0.39 is 22.8 Å². The summed E-state index contributed by atoms with van der Waals surface area (Å²) < 4.78 is 12.5.